The molecule has 2 rings (SSSR count). The predicted octanol–water partition coefficient (Wildman–Crippen LogP) is 1.13. The lowest BCUT2D eigenvalue weighted by Gasteiger charge is -2.31. The van der Waals surface area contributed by atoms with Crippen LogP contribution in [-0.2, 0) is 14.8 Å². The lowest BCUT2D eigenvalue weighted by atomic mass is 9.95. The van der Waals surface area contributed by atoms with E-state index in [1.54, 1.807) is 18.3 Å². The predicted molar refractivity (Wildman–Crippen MR) is 88.4 cm³/mol. The number of hydrogen-bond donors (Lipinski definition) is 1. The zero-order valence-corrected chi connectivity index (χ0v) is 14.0. The van der Waals surface area contributed by atoms with E-state index in [-0.39, 0.29) is 12.6 Å². The maximum Gasteiger partial charge on any atom is 0.255 e. The molecule has 1 saturated carbocycles. The van der Waals surface area contributed by atoms with Crippen LogP contribution in [0.4, 0.5) is 0 Å². The van der Waals surface area contributed by atoms with Crippen molar-refractivity contribution in [3.63, 3.8) is 0 Å². The zero-order chi connectivity index (χ0) is 16.7. The van der Waals surface area contributed by atoms with Crippen LogP contribution >= 0.6 is 0 Å². The Labute approximate surface area is 136 Å². The first kappa shape index (κ1) is 17.6. The fraction of sp³-hybridized carbons (Fsp3) is 0.533. The number of aromatic nitrogens is 1. The number of amides is 1. The Bertz CT molecular complexity index is 640. The molecular formula is C15H22N4O3S. The van der Waals surface area contributed by atoms with Gasteiger partial charge < -0.3 is 0 Å². The first-order valence-electron chi connectivity index (χ1n) is 7.66. The summed E-state index contributed by atoms with van der Waals surface area (Å²) in [5, 5.41) is 3.81. The Kier molecular flexibility index (Phi) is 6.23. The topological polar surface area (TPSA) is 91.7 Å². The number of hydrogen-bond acceptors (Lipinski definition) is 5. The van der Waals surface area contributed by atoms with Gasteiger partial charge in [-0.1, -0.05) is 25.3 Å². The molecule has 0 radical (unpaired) electrons. The van der Waals surface area contributed by atoms with Crippen molar-refractivity contribution >= 4 is 22.1 Å². The Morgan fingerprint density at radius 3 is 2.74 bits per heavy atom. The number of sulfonamides is 1. The lowest BCUT2D eigenvalue weighted by molar-refractivity contribution is -0.121. The van der Waals surface area contributed by atoms with Crippen molar-refractivity contribution < 1.29 is 13.2 Å². The second-order valence-corrected chi connectivity index (χ2v) is 7.58. The molecule has 0 unspecified atom stereocenters. The van der Waals surface area contributed by atoms with E-state index < -0.39 is 15.9 Å². The summed E-state index contributed by atoms with van der Waals surface area (Å²) in [6.07, 6.45) is 8.91. The van der Waals surface area contributed by atoms with Crippen LogP contribution in [0.1, 0.15) is 37.8 Å². The van der Waals surface area contributed by atoms with Gasteiger partial charge in [0.1, 0.15) is 0 Å². The highest BCUT2D eigenvalue weighted by Gasteiger charge is 2.29. The molecule has 0 bridgehead atoms. The monoisotopic (exact) mass is 338 g/mol. The fourth-order valence-corrected chi connectivity index (χ4v) is 3.79. The van der Waals surface area contributed by atoms with E-state index in [9.17, 15) is 13.2 Å². The normalized spacial score (nSPS) is 16.8. The maximum absolute atomic E-state index is 12.0. The van der Waals surface area contributed by atoms with Crippen LogP contribution in [0.2, 0.25) is 0 Å². The number of carbonyl (C=O) groups is 1. The van der Waals surface area contributed by atoms with Gasteiger partial charge in [0.15, 0.2) is 0 Å². The Balaban J connectivity index is 1.93. The SMILES string of the molecule is CS(=O)(=O)N(CC(=O)NN=Cc1ccccn1)C1CCCCC1. The summed E-state index contributed by atoms with van der Waals surface area (Å²) in [7, 11) is -3.43. The highest BCUT2D eigenvalue weighted by molar-refractivity contribution is 7.88. The third kappa shape index (κ3) is 5.72. The highest BCUT2D eigenvalue weighted by Crippen LogP contribution is 2.24. The molecule has 1 N–H and O–H groups in total. The van der Waals surface area contributed by atoms with Crippen molar-refractivity contribution in [3.05, 3.63) is 30.1 Å². The molecule has 0 atom stereocenters. The van der Waals surface area contributed by atoms with E-state index in [2.05, 4.69) is 15.5 Å². The quantitative estimate of drug-likeness (QED) is 0.621. The molecule has 1 aromatic heterocycles. The van der Waals surface area contributed by atoms with Crippen LogP contribution in [0.25, 0.3) is 0 Å². The Morgan fingerprint density at radius 2 is 2.13 bits per heavy atom. The Morgan fingerprint density at radius 1 is 1.39 bits per heavy atom. The molecule has 126 valence electrons. The molecule has 0 saturated heterocycles. The highest BCUT2D eigenvalue weighted by atomic mass is 32.2. The molecule has 7 nitrogen and oxygen atoms in total. The van der Waals surface area contributed by atoms with E-state index in [1.165, 1.54) is 10.5 Å². The van der Waals surface area contributed by atoms with Gasteiger partial charge in [-0.05, 0) is 25.0 Å². The number of nitrogens with zero attached hydrogens (tertiary/aromatic N) is 3. The smallest absolute Gasteiger partial charge is 0.255 e. The zero-order valence-electron chi connectivity index (χ0n) is 13.2. The van der Waals surface area contributed by atoms with Crippen LogP contribution < -0.4 is 5.43 Å². The summed E-state index contributed by atoms with van der Waals surface area (Å²) in [4.78, 5) is 16.0. The van der Waals surface area contributed by atoms with Crippen LogP contribution in [0.15, 0.2) is 29.5 Å². The van der Waals surface area contributed by atoms with Crippen LogP contribution in [0.5, 0.6) is 0 Å². The first-order chi connectivity index (χ1) is 11.0. The van der Waals surface area contributed by atoms with E-state index in [0.29, 0.717) is 5.69 Å². The van der Waals surface area contributed by atoms with Crippen molar-refractivity contribution in [2.75, 3.05) is 12.8 Å². The van der Waals surface area contributed by atoms with Crippen molar-refractivity contribution in [2.45, 2.75) is 38.1 Å². The van der Waals surface area contributed by atoms with E-state index in [4.69, 9.17) is 0 Å². The minimum atomic E-state index is -3.43. The van der Waals surface area contributed by atoms with Gasteiger partial charge in [-0.3, -0.25) is 9.78 Å². The van der Waals surface area contributed by atoms with E-state index in [0.717, 1.165) is 38.4 Å². The van der Waals surface area contributed by atoms with Gasteiger partial charge in [0.05, 0.1) is 24.7 Å². The number of nitrogens with one attached hydrogen (secondary N) is 1. The summed E-state index contributed by atoms with van der Waals surface area (Å²) < 4.78 is 25.2. The average molecular weight is 338 g/mol. The molecular weight excluding hydrogens is 316 g/mol. The van der Waals surface area contributed by atoms with Crippen molar-refractivity contribution in [3.8, 4) is 0 Å². The van der Waals surface area contributed by atoms with Crippen molar-refractivity contribution in [1.82, 2.24) is 14.7 Å². The second kappa shape index (κ2) is 8.16. The van der Waals surface area contributed by atoms with E-state index >= 15 is 0 Å². The van der Waals surface area contributed by atoms with Crippen molar-refractivity contribution in [1.29, 1.82) is 0 Å². The average Bonchev–Trinajstić information content (AvgIpc) is 2.53. The van der Waals surface area contributed by atoms with Gasteiger partial charge in [-0.2, -0.15) is 9.41 Å². The molecule has 23 heavy (non-hydrogen) atoms. The van der Waals surface area contributed by atoms with Crippen molar-refractivity contribution in [2.24, 2.45) is 5.10 Å². The molecule has 1 aliphatic rings. The fourth-order valence-electron chi connectivity index (χ4n) is 2.69. The number of hydrazone groups is 1. The molecule has 0 spiro atoms. The van der Waals surface area contributed by atoms with Crippen LogP contribution in [0.3, 0.4) is 0 Å². The molecule has 8 heteroatoms. The largest absolute Gasteiger partial charge is 0.272 e. The van der Waals surface area contributed by atoms with E-state index in [1.807, 2.05) is 6.07 Å². The van der Waals surface area contributed by atoms with Gasteiger partial charge >= 0.3 is 0 Å². The maximum atomic E-state index is 12.0. The minimum Gasteiger partial charge on any atom is -0.272 e. The third-order valence-electron chi connectivity index (χ3n) is 3.78. The molecule has 1 fully saturated rings. The summed E-state index contributed by atoms with van der Waals surface area (Å²) in [6.45, 7) is -0.205. The summed E-state index contributed by atoms with van der Waals surface area (Å²) in [6, 6.07) is 5.25. The number of carbonyl (C=O) groups excluding carboxylic acids is 1. The standard InChI is InChI=1S/C15H22N4O3S/c1-23(21,22)19(14-8-3-2-4-9-14)12-15(20)18-17-11-13-7-5-6-10-16-13/h5-7,10-11,14H,2-4,8-9,12H2,1H3,(H,18,20). The molecule has 1 aliphatic carbocycles. The summed E-state index contributed by atoms with van der Waals surface area (Å²) in [5.74, 6) is -0.451. The molecule has 1 amide bonds. The molecule has 0 aliphatic heterocycles. The van der Waals surface area contributed by atoms with Gasteiger partial charge in [-0.15, -0.1) is 0 Å². The third-order valence-corrected chi connectivity index (χ3v) is 5.06. The minimum absolute atomic E-state index is 0.0933. The van der Waals surface area contributed by atoms with Crippen LogP contribution in [-0.4, -0.2) is 48.7 Å². The van der Waals surface area contributed by atoms with Gasteiger partial charge in [0, 0.05) is 12.2 Å². The number of pyridine rings is 1. The molecule has 1 heterocycles. The molecule has 1 aromatic rings. The summed E-state index contributed by atoms with van der Waals surface area (Å²) >= 11 is 0. The second-order valence-electron chi connectivity index (χ2n) is 5.65. The Hall–Kier alpha value is -1.80. The first-order valence-corrected chi connectivity index (χ1v) is 9.51. The van der Waals surface area contributed by atoms with Crippen LogP contribution in [0, 0.1) is 0 Å². The van der Waals surface area contributed by atoms with Gasteiger partial charge in [0.25, 0.3) is 5.91 Å². The van der Waals surface area contributed by atoms with Gasteiger partial charge in [0.2, 0.25) is 10.0 Å². The number of rotatable bonds is 6. The summed E-state index contributed by atoms with van der Waals surface area (Å²) in [5.41, 5.74) is 2.97. The molecule has 0 aromatic carbocycles. The lowest BCUT2D eigenvalue weighted by Crippen LogP contribution is -2.45. The van der Waals surface area contributed by atoms with Gasteiger partial charge in [-0.25, -0.2) is 13.8 Å².